The van der Waals surface area contributed by atoms with Crippen LogP contribution in [0, 0.1) is 0 Å². The summed E-state index contributed by atoms with van der Waals surface area (Å²) in [5.41, 5.74) is 6.49. The van der Waals surface area contributed by atoms with Crippen molar-refractivity contribution >= 4 is 23.4 Å². The van der Waals surface area contributed by atoms with Crippen LogP contribution in [0.5, 0.6) is 0 Å². The number of nitrogens with two attached hydrogens (primary N) is 1. The highest BCUT2D eigenvalue weighted by atomic mass is 32.2. The zero-order valence-electron chi connectivity index (χ0n) is 9.60. The molecule has 0 heterocycles. The zero-order chi connectivity index (χ0) is 12.0. The topological polar surface area (TPSA) is 52.3 Å². The molecule has 3 nitrogen and oxygen atoms in total. The summed E-state index contributed by atoms with van der Waals surface area (Å²) in [6.07, 6.45) is 0.844. The van der Waals surface area contributed by atoms with Gasteiger partial charge >= 0.3 is 5.97 Å². The molecule has 0 saturated heterocycles. The number of hydrogen-bond acceptors (Lipinski definition) is 4. The second-order valence-corrected chi connectivity index (χ2v) is 4.85. The van der Waals surface area contributed by atoms with Crippen LogP contribution in [-0.2, 0) is 9.53 Å². The number of anilines is 1. The van der Waals surface area contributed by atoms with Crippen molar-refractivity contribution in [3.05, 3.63) is 24.3 Å². The Morgan fingerprint density at radius 2 is 2.19 bits per heavy atom. The Morgan fingerprint density at radius 1 is 1.50 bits per heavy atom. The molecule has 0 radical (unpaired) electrons. The van der Waals surface area contributed by atoms with Gasteiger partial charge in [-0.25, -0.2) is 0 Å². The quantitative estimate of drug-likeness (QED) is 0.487. The fourth-order valence-corrected chi connectivity index (χ4v) is 2.05. The Morgan fingerprint density at radius 3 is 2.81 bits per heavy atom. The minimum absolute atomic E-state index is 0.185. The number of para-hydroxylation sites is 1. The highest BCUT2D eigenvalue weighted by Crippen LogP contribution is 2.28. The van der Waals surface area contributed by atoms with Crippen molar-refractivity contribution in [1.82, 2.24) is 0 Å². The monoisotopic (exact) mass is 239 g/mol. The predicted molar refractivity (Wildman–Crippen MR) is 67.4 cm³/mol. The second-order valence-electron chi connectivity index (χ2n) is 3.47. The van der Waals surface area contributed by atoms with Gasteiger partial charge in [0.25, 0.3) is 0 Å². The Kier molecular flexibility index (Phi) is 5.19. The van der Waals surface area contributed by atoms with Crippen LogP contribution in [0.1, 0.15) is 20.3 Å². The molecule has 0 aromatic heterocycles. The van der Waals surface area contributed by atoms with Crippen LogP contribution >= 0.6 is 11.8 Å². The molecule has 88 valence electrons. The van der Waals surface area contributed by atoms with Crippen molar-refractivity contribution < 1.29 is 9.53 Å². The lowest BCUT2D eigenvalue weighted by Gasteiger charge is -2.11. The molecular formula is C12H17NO2S. The SMILES string of the molecule is CCCOC(=O)C(C)Sc1ccccc1N. The summed E-state index contributed by atoms with van der Waals surface area (Å²) < 4.78 is 5.06. The Balaban J connectivity index is 2.54. The molecule has 0 aliphatic carbocycles. The highest BCUT2D eigenvalue weighted by molar-refractivity contribution is 8.00. The van der Waals surface area contributed by atoms with Crippen molar-refractivity contribution in [2.24, 2.45) is 0 Å². The van der Waals surface area contributed by atoms with Crippen molar-refractivity contribution in [2.45, 2.75) is 30.4 Å². The Hall–Kier alpha value is -1.16. The lowest BCUT2D eigenvalue weighted by Crippen LogP contribution is -2.17. The van der Waals surface area contributed by atoms with Crippen molar-refractivity contribution in [3.63, 3.8) is 0 Å². The van der Waals surface area contributed by atoms with Gasteiger partial charge in [0, 0.05) is 10.6 Å². The van der Waals surface area contributed by atoms with E-state index in [9.17, 15) is 4.79 Å². The van der Waals surface area contributed by atoms with E-state index in [0.717, 1.165) is 11.3 Å². The van der Waals surface area contributed by atoms with Crippen LogP contribution < -0.4 is 5.73 Å². The summed E-state index contributed by atoms with van der Waals surface area (Å²) in [6, 6.07) is 7.51. The van der Waals surface area contributed by atoms with E-state index in [2.05, 4.69) is 0 Å². The van der Waals surface area contributed by atoms with Gasteiger partial charge in [0.05, 0.1) is 6.61 Å². The van der Waals surface area contributed by atoms with E-state index in [0.29, 0.717) is 12.3 Å². The number of esters is 1. The highest BCUT2D eigenvalue weighted by Gasteiger charge is 2.16. The van der Waals surface area contributed by atoms with Crippen LogP contribution in [0.15, 0.2) is 29.2 Å². The minimum Gasteiger partial charge on any atom is -0.465 e. The Bertz CT molecular complexity index is 355. The van der Waals surface area contributed by atoms with Gasteiger partial charge in [0.1, 0.15) is 5.25 Å². The van der Waals surface area contributed by atoms with Crippen LogP contribution in [0.3, 0.4) is 0 Å². The van der Waals surface area contributed by atoms with Gasteiger partial charge < -0.3 is 10.5 Å². The third kappa shape index (κ3) is 3.77. The molecule has 2 N–H and O–H groups in total. The van der Waals surface area contributed by atoms with Gasteiger partial charge in [0.15, 0.2) is 0 Å². The number of thioether (sulfide) groups is 1. The largest absolute Gasteiger partial charge is 0.465 e. The average Bonchev–Trinajstić information content (AvgIpc) is 2.28. The molecule has 0 bridgehead atoms. The van der Waals surface area contributed by atoms with Crippen LogP contribution in [-0.4, -0.2) is 17.8 Å². The van der Waals surface area contributed by atoms with E-state index < -0.39 is 0 Å². The molecule has 0 spiro atoms. The van der Waals surface area contributed by atoms with Gasteiger partial charge in [-0.1, -0.05) is 19.1 Å². The fraction of sp³-hybridized carbons (Fsp3) is 0.417. The second kappa shape index (κ2) is 6.43. The first-order valence-electron chi connectivity index (χ1n) is 5.33. The van der Waals surface area contributed by atoms with Gasteiger partial charge in [-0.05, 0) is 25.5 Å². The number of carbonyl (C=O) groups excluding carboxylic acids is 1. The molecule has 0 fully saturated rings. The molecule has 1 aromatic rings. The van der Waals surface area contributed by atoms with Crippen molar-refractivity contribution in [1.29, 1.82) is 0 Å². The van der Waals surface area contributed by atoms with Crippen molar-refractivity contribution in [2.75, 3.05) is 12.3 Å². The molecule has 0 saturated carbocycles. The van der Waals surface area contributed by atoms with E-state index in [1.807, 2.05) is 38.1 Å². The van der Waals surface area contributed by atoms with Gasteiger partial charge in [-0.2, -0.15) is 0 Å². The summed E-state index contributed by atoms with van der Waals surface area (Å²) in [5.74, 6) is -0.185. The molecular weight excluding hydrogens is 222 g/mol. The number of benzene rings is 1. The number of carbonyl (C=O) groups is 1. The summed E-state index contributed by atoms with van der Waals surface area (Å²) in [6.45, 7) is 4.28. The maximum absolute atomic E-state index is 11.5. The first kappa shape index (κ1) is 12.9. The van der Waals surface area contributed by atoms with Crippen LogP contribution in [0.25, 0.3) is 0 Å². The lowest BCUT2D eigenvalue weighted by atomic mass is 10.3. The lowest BCUT2D eigenvalue weighted by molar-refractivity contribution is -0.142. The van der Waals surface area contributed by atoms with E-state index in [1.54, 1.807) is 0 Å². The van der Waals surface area contributed by atoms with E-state index >= 15 is 0 Å². The smallest absolute Gasteiger partial charge is 0.319 e. The predicted octanol–water partition coefficient (Wildman–Crippen LogP) is 2.70. The Labute approximate surface area is 100 Å². The normalized spacial score (nSPS) is 12.1. The number of rotatable bonds is 5. The molecule has 4 heteroatoms. The first-order valence-corrected chi connectivity index (χ1v) is 6.21. The standard InChI is InChI=1S/C12H17NO2S/c1-3-8-15-12(14)9(2)16-11-7-5-4-6-10(11)13/h4-7,9H,3,8,13H2,1-2H3. The minimum atomic E-state index is -0.226. The van der Waals surface area contributed by atoms with E-state index in [-0.39, 0.29) is 11.2 Å². The fourth-order valence-electron chi connectivity index (χ4n) is 1.15. The van der Waals surface area contributed by atoms with E-state index in [1.165, 1.54) is 11.8 Å². The molecule has 1 aromatic carbocycles. The molecule has 1 atom stereocenters. The van der Waals surface area contributed by atoms with Gasteiger partial charge in [-0.15, -0.1) is 11.8 Å². The van der Waals surface area contributed by atoms with Crippen LogP contribution in [0.4, 0.5) is 5.69 Å². The third-order valence-corrected chi connectivity index (χ3v) is 3.17. The third-order valence-electron chi connectivity index (χ3n) is 2.00. The zero-order valence-corrected chi connectivity index (χ0v) is 10.4. The number of ether oxygens (including phenoxy) is 1. The van der Waals surface area contributed by atoms with Gasteiger partial charge in [0.2, 0.25) is 0 Å². The molecule has 0 amide bonds. The molecule has 0 aliphatic heterocycles. The van der Waals surface area contributed by atoms with Crippen LogP contribution in [0.2, 0.25) is 0 Å². The van der Waals surface area contributed by atoms with Gasteiger partial charge in [-0.3, -0.25) is 4.79 Å². The summed E-state index contributed by atoms with van der Waals surface area (Å²) in [4.78, 5) is 12.5. The molecule has 1 rings (SSSR count). The summed E-state index contributed by atoms with van der Waals surface area (Å²) >= 11 is 1.43. The maximum atomic E-state index is 11.5. The summed E-state index contributed by atoms with van der Waals surface area (Å²) in [5, 5.41) is -0.226. The first-order chi connectivity index (χ1) is 7.65. The molecule has 1 unspecified atom stereocenters. The average molecular weight is 239 g/mol. The molecule has 0 aliphatic rings. The summed E-state index contributed by atoms with van der Waals surface area (Å²) in [7, 11) is 0. The number of nitrogen functional groups attached to an aromatic ring is 1. The van der Waals surface area contributed by atoms with E-state index in [4.69, 9.17) is 10.5 Å². The van der Waals surface area contributed by atoms with Crippen molar-refractivity contribution in [3.8, 4) is 0 Å². The number of hydrogen-bond donors (Lipinski definition) is 1. The maximum Gasteiger partial charge on any atom is 0.319 e. The molecule has 16 heavy (non-hydrogen) atoms.